The lowest BCUT2D eigenvalue weighted by Gasteiger charge is -2.06. The van der Waals surface area contributed by atoms with Crippen LogP contribution in [0.5, 0.6) is 5.88 Å². The van der Waals surface area contributed by atoms with E-state index in [-0.39, 0.29) is 28.8 Å². The second-order valence-corrected chi connectivity index (χ2v) is 5.16. The summed E-state index contributed by atoms with van der Waals surface area (Å²) in [7, 11) is 0. The highest BCUT2D eigenvalue weighted by Crippen LogP contribution is 2.29. The van der Waals surface area contributed by atoms with Crippen LogP contribution in [0.1, 0.15) is 0 Å². The summed E-state index contributed by atoms with van der Waals surface area (Å²) < 4.78 is 32.5. The van der Waals surface area contributed by atoms with E-state index in [0.717, 1.165) is 0 Å². The lowest BCUT2D eigenvalue weighted by Crippen LogP contribution is -1.98. The number of halogens is 2. The first-order chi connectivity index (χ1) is 12.1. The number of nitrogens with one attached hydrogen (secondary N) is 1. The first-order valence-corrected chi connectivity index (χ1v) is 7.25. The molecule has 4 rings (SSSR count). The quantitative estimate of drug-likeness (QED) is 0.586. The van der Waals surface area contributed by atoms with Crippen LogP contribution in [-0.2, 0) is 0 Å². The van der Waals surface area contributed by atoms with Gasteiger partial charge in [0.05, 0.1) is 5.69 Å². The van der Waals surface area contributed by atoms with Gasteiger partial charge >= 0.3 is 0 Å². The van der Waals surface area contributed by atoms with E-state index in [0.29, 0.717) is 5.56 Å². The third kappa shape index (κ3) is 2.85. The Bertz CT molecular complexity index is 1080. The van der Waals surface area contributed by atoms with Gasteiger partial charge in [-0.1, -0.05) is 18.2 Å². The number of hydrogen-bond acceptors (Lipinski definition) is 6. The van der Waals surface area contributed by atoms with Crippen LogP contribution in [0.2, 0.25) is 0 Å². The fourth-order valence-corrected chi connectivity index (χ4v) is 2.27. The molecule has 0 saturated heterocycles. The van der Waals surface area contributed by atoms with Crippen molar-refractivity contribution in [2.75, 3.05) is 5.32 Å². The molecule has 2 aromatic carbocycles. The maximum absolute atomic E-state index is 13.7. The molecule has 0 saturated carbocycles. The number of para-hydroxylation sites is 1. The van der Waals surface area contributed by atoms with Crippen molar-refractivity contribution < 1.29 is 18.3 Å². The van der Waals surface area contributed by atoms with Crippen molar-refractivity contribution in [3.8, 4) is 17.3 Å². The second kappa shape index (κ2) is 5.82. The Balaban J connectivity index is 1.75. The average molecular weight is 340 g/mol. The molecular formula is C17H10F2N4O2. The number of nitrogens with zero attached hydrogens (tertiary/aromatic N) is 3. The van der Waals surface area contributed by atoms with E-state index in [1.807, 2.05) is 0 Å². The van der Waals surface area contributed by atoms with Gasteiger partial charge in [0.15, 0.2) is 5.82 Å². The standard InChI is InChI=1S/C17H10F2N4O2/c18-10-5-3-4-9(8-10)16-23-14-17(25-16)22-13(15(24)21-14)20-12-7-2-1-6-11(12)19/h1-8H,(H,20,22)(H,21,24). The fourth-order valence-electron chi connectivity index (χ4n) is 2.27. The summed E-state index contributed by atoms with van der Waals surface area (Å²) >= 11 is 0. The minimum atomic E-state index is -0.512. The lowest BCUT2D eigenvalue weighted by atomic mass is 10.2. The first kappa shape index (κ1) is 15.0. The molecule has 0 spiro atoms. The van der Waals surface area contributed by atoms with Gasteiger partial charge in [-0.05, 0) is 30.3 Å². The van der Waals surface area contributed by atoms with Crippen molar-refractivity contribution in [1.82, 2.24) is 15.0 Å². The number of hydrogen-bond donors (Lipinski definition) is 2. The third-order valence-electron chi connectivity index (χ3n) is 3.43. The van der Waals surface area contributed by atoms with Crippen molar-refractivity contribution >= 4 is 22.9 Å². The molecule has 0 radical (unpaired) electrons. The maximum atomic E-state index is 13.7. The molecular weight excluding hydrogens is 330 g/mol. The molecule has 8 heteroatoms. The fraction of sp³-hybridized carbons (Fsp3) is 0. The minimum Gasteiger partial charge on any atom is -0.491 e. The molecule has 0 aliphatic rings. The Hall–Kier alpha value is -3.55. The summed E-state index contributed by atoms with van der Waals surface area (Å²) in [5.41, 5.74) is 0.603. The Morgan fingerprint density at radius 1 is 0.960 bits per heavy atom. The summed E-state index contributed by atoms with van der Waals surface area (Å²) in [6.45, 7) is 0. The zero-order valence-electron chi connectivity index (χ0n) is 12.6. The lowest BCUT2D eigenvalue weighted by molar-refractivity contribution is 0.455. The van der Waals surface area contributed by atoms with Crippen molar-refractivity contribution in [1.29, 1.82) is 0 Å². The normalized spacial score (nSPS) is 11.0. The first-order valence-electron chi connectivity index (χ1n) is 7.25. The van der Waals surface area contributed by atoms with E-state index >= 15 is 0 Å². The molecule has 0 aliphatic heterocycles. The summed E-state index contributed by atoms with van der Waals surface area (Å²) in [4.78, 5) is 12.0. The van der Waals surface area contributed by atoms with Crippen molar-refractivity contribution in [2.45, 2.75) is 0 Å². The smallest absolute Gasteiger partial charge is 0.269 e. The van der Waals surface area contributed by atoms with Gasteiger partial charge in [-0.3, -0.25) is 0 Å². The van der Waals surface area contributed by atoms with Gasteiger partial charge in [-0.2, -0.15) is 15.0 Å². The van der Waals surface area contributed by atoms with E-state index in [2.05, 4.69) is 20.3 Å². The van der Waals surface area contributed by atoms with Crippen LogP contribution in [0.15, 0.2) is 52.9 Å². The number of oxazole rings is 1. The van der Waals surface area contributed by atoms with E-state index in [1.165, 1.54) is 36.4 Å². The number of aromatic nitrogens is 3. The van der Waals surface area contributed by atoms with E-state index < -0.39 is 17.5 Å². The zero-order chi connectivity index (χ0) is 17.4. The van der Waals surface area contributed by atoms with Crippen LogP contribution < -0.4 is 5.32 Å². The van der Waals surface area contributed by atoms with Crippen LogP contribution in [0.4, 0.5) is 20.3 Å². The number of rotatable bonds is 3. The van der Waals surface area contributed by atoms with Crippen LogP contribution in [-0.4, -0.2) is 20.1 Å². The molecule has 0 unspecified atom stereocenters. The largest absolute Gasteiger partial charge is 0.491 e. The Labute approximate surface area is 139 Å². The average Bonchev–Trinajstić information content (AvgIpc) is 3.00. The van der Waals surface area contributed by atoms with Gasteiger partial charge in [-0.25, -0.2) is 8.78 Å². The highest BCUT2D eigenvalue weighted by molar-refractivity contribution is 5.73. The summed E-state index contributed by atoms with van der Waals surface area (Å²) in [6, 6.07) is 11.6. The Morgan fingerprint density at radius 2 is 1.80 bits per heavy atom. The zero-order valence-corrected chi connectivity index (χ0v) is 12.6. The van der Waals surface area contributed by atoms with Gasteiger partial charge in [0.1, 0.15) is 11.6 Å². The van der Waals surface area contributed by atoms with Crippen molar-refractivity contribution in [2.24, 2.45) is 0 Å². The number of aromatic hydroxyl groups is 1. The minimum absolute atomic E-state index is 0.0240. The molecule has 25 heavy (non-hydrogen) atoms. The second-order valence-electron chi connectivity index (χ2n) is 5.16. The molecule has 4 aromatic rings. The monoisotopic (exact) mass is 340 g/mol. The van der Waals surface area contributed by atoms with Crippen LogP contribution in [0.3, 0.4) is 0 Å². The van der Waals surface area contributed by atoms with Crippen molar-refractivity contribution in [3.63, 3.8) is 0 Å². The van der Waals surface area contributed by atoms with Crippen LogP contribution in [0.25, 0.3) is 22.8 Å². The van der Waals surface area contributed by atoms with E-state index in [1.54, 1.807) is 12.1 Å². The SMILES string of the molecule is Oc1nc2nc(-c3cccc(F)c3)oc2nc1Nc1ccccc1F. The molecule has 124 valence electrons. The van der Waals surface area contributed by atoms with Gasteiger partial charge in [0.25, 0.3) is 11.6 Å². The van der Waals surface area contributed by atoms with Gasteiger partial charge < -0.3 is 14.8 Å². The summed E-state index contributed by atoms with van der Waals surface area (Å²) in [5.74, 6) is -1.39. The van der Waals surface area contributed by atoms with Crippen LogP contribution >= 0.6 is 0 Å². The molecule has 0 aliphatic carbocycles. The predicted octanol–water partition coefficient (Wildman–Crippen LogP) is 4.01. The molecule has 2 N–H and O–H groups in total. The highest BCUT2D eigenvalue weighted by Gasteiger charge is 2.16. The number of anilines is 2. The molecule has 0 amide bonds. The topological polar surface area (TPSA) is 84.1 Å². The highest BCUT2D eigenvalue weighted by atomic mass is 19.1. The Kier molecular flexibility index (Phi) is 3.50. The molecule has 2 heterocycles. The molecule has 0 atom stereocenters. The number of benzene rings is 2. The molecule has 2 aromatic heterocycles. The molecule has 0 bridgehead atoms. The number of fused-ring (bicyclic) bond motifs is 1. The molecule has 0 fully saturated rings. The maximum Gasteiger partial charge on any atom is 0.269 e. The summed E-state index contributed by atoms with van der Waals surface area (Å²) in [6.07, 6.45) is 0. The van der Waals surface area contributed by atoms with E-state index in [9.17, 15) is 13.9 Å². The Morgan fingerprint density at radius 3 is 2.60 bits per heavy atom. The summed E-state index contributed by atoms with van der Waals surface area (Å²) in [5, 5.41) is 12.6. The van der Waals surface area contributed by atoms with Crippen molar-refractivity contribution in [3.05, 3.63) is 60.2 Å². The van der Waals surface area contributed by atoms with Crippen LogP contribution in [0, 0.1) is 11.6 Å². The van der Waals surface area contributed by atoms with Gasteiger partial charge in [0.2, 0.25) is 11.5 Å². The van der Waals surface area contributed by atoms with Gasteiger partial charge in [0, 0.05) is 5.56 Å². The third-order valence-corrected chi connectivity index (χ3v) is 3.43. The van der Waals surface area contributed by atoms with E-state index in [4.69, 9.17) is 4.42 Å². The molecule has 6 nitrogen and oxygen atoms in total. The van der Waals surface area contributed by atoms with Gasteiger partial charge in [-0.15, -0.1) is 0 Å². The predicted molar refractivity (Wildman–Crippen MR) is 86.3 cm³/mol.